The molecule has 1 fully saturated rings. The van der Waals surface area contributed by atoms with Gasteiger partial charge in [0.15, 0.2) is 0 Å². The van der Waals surface area contributed by atoms with Gasteiger partial charge in [-0.1, -0.05) is 18.2 Å². The van der Waals surface area contributed by atoms with Gasteiger partial charge in [-0.2, -0.15) is 0 Å². The number of amides is 1. The number of aliphatic carboxylic acids is 1. The third kappa shape index (κ3) is 3.84. The number of carboxylic acid groups (broad SMARTS) is 1. The fraction of sp³-hybridized carbons (Fsp3) is 0.263. The van der Waals surface area contributed by atoms with Gasteiger partial charge in [0.1, 0.15) is 11.6 Å². The van der Waals surface area contributed by atoms with Crippen LogP contribution in [0.5, 0.6) is 0 Å². The second-order valence-electron chi connectivity index (χ2n) is 6.35. The quantitative estimate of drug-likeness (QED) is 0.846. The van der Waals surface area contributed by atoms with E-state index in [1.165, 1.54) is 12.1 Å². The summed E-state index contributed by atoms with van der Waals surface area (Å²) < 4.78 is 27.0. The van der Waals surface area contributed by atoms with Crippen LogP contribution in [0.4, 0.5) is 8.78 Å². The molecule has 2 aromatic carbocycles. The molecular weight excluding hydrogens is 328 g/mol. The number of benzene rings is 2. The predicted octanol–water partition coefficient (Wildman–Crippen LogP) is 3.05. The van der Waals surface area contributed by atoms with Gasteiger partial charge in [-0.25, -0.2) is 8.78 Å². The molecule has 1 aliphatic rings. The molecular formula is C19H17F2NO3. The highest BCUT2D eigenvalue weighted by molar-refractivity contribution is 5.94. The smallest absolute Gasteiger partial charge is 0.307 e. The lowest BCUT2D eigenvalue weighted by Crippen LogP contribution is -2.32. The maximum Gasteiger partial charge on any atom is 0.307 e. The second-order valence-corrected chi connectivity index (χ2v) is 6.35. The Kier molecular flexibility index (Phi) is 4.53. The minimum Gasteiger partial charge on any atom is -0.481 e. The summed E-state index contributed by atoms with van der Waals surface area (Å²) in [6.07, 6.45) is 1.36. The Morgan fingerprint density at radius 2 is 1.76 bits per heavy atom. The van der Waals surface area contributed by atoms with Crippen molar-refractivity contribution in [2.24, 2.45) is 0 Å². The lowest BCUT2D eigenvalue weighted by atomic mass is 9.95. The molecule has 0 saturated heterocycles. The first-order valence-electron chi connectivity index (χ1n) is 7.94. The zero-order valence-electron chi connectivity index (χ0n) is 13.4. The summed E-state index contributed by atoms with van der Waals surface area (Å²) in [7, 11) is 0. The molecule has 0 radical (unpaired) electrons. The normalized spacial score (nSPS) is 14.8. The van der Waals surface area contributed by atoms with Crippen molar-refractivity contribution < 1.29 is 23.5 Å². The molecule has 0 atom stereocenters. The third-order valence-electron chi connectivity index (χ3n) is 4.51. The second kappa shape index (κ2) is 6.63. The van der Waals surface area contributed by atoms with Crippen LogP contribution in [-0.2, 0) is 16.6 Å². The zero-order chi connectivity index (χ0) is 18.0. The van der Waals surface area contributed by atoms with E-state index >= 15 is 0 Å². The minimum atomic E-state index is -0.936. The number of hydrogen-bond acceptors (Lipinski definition) is 2. The first kappa shape index (κ1) is 17.1. The van der Waals surface area contributed by atoms with Gasteiger partial charge in [-0.05, 0) is 42.2 Å². The number of carboxylic acids is 1. The molecule has 0 bridgehead atoms. The molecule has 1 amide bonds. The van der Waals surface area contributed by atoms with Crippen LogP contribution in [0.25, 0.3) is 0 Å². The summed E-state index contributed by atoms with van der Waals surface area (Å²) in [6.45, 7) is 0.269. The zero-order valence-corrected chi connectivity index (χ0v) is 13.4. The van der Waals surface area contributed by atoms with E-state index in [0.717, 1.165) is 18.9 Å². The molecule has 1 aliphatic carbocycles. The Balaban J connectivity index is 1.65. The molecule has 25 heavy (non-hydrogen) atoms. The van der Waals surface area contributed by atoms with E-state index in [-0.39, 0.29) is 18.9 Å². The highest BCUT2D eigenvalue weighted by Gasteiger charge is 2.46. The van der Waals surface area contributed by atoms with Crippen molar-refractivity contribution in [3.8, 4) is 0 Å². The lowest BCUT2D eigenvalue weighted by Gasteiger charge is -2.17. The van der Waals surface area contributed by atoms with Crippen molar-refractivity contribution in [3.05, 3.63) is 70.8 Å². The Labute approximate surface area is 143 Å². The maximum atomic E-state index is 14.0. The summed E-state index contributed by atoms with van der Waals surface area (Å²) in [5, 5.41) is 11.5. The van der Waals surface area contributed by atoms with Crippen LogP contribution in [0, 0.1) is 11.6 Å². The fourth-order valence-electron chi connectivity index (χ4n) is 2.91. The number of nitrogens with one attached hydrogen (secondary N) is 1. The van der Waals surface area contributed by atoms with Crippen molar-refractivity contribution in [2.45, 2.75) is 24.7 Å². The molecule has 130 valence electrons. The van der Waals surface area contributed by atoms with Crippen molar-refractivity contribution in [1.82, 2.24) is 5.32 Å². The van der Waals surface area contributed by atoms with E-state index < -0.39 is 23.0 Å². The summed E-state index contributed by atoms with van der Waals surface area (Å²) in [6, 6.07) is 9.83. The van der Waals surface area contributed by atoms with Crippen LogP contribution in [-0.4, -0.2) is 23.5 Å². The highest BCUT2D eigenvalue weighted by Crippen LogP contribution is 2.48. The van der Waals surface area contributed by atoms with Gasteiger partial charge in [0.25, 0.3) is 5.91 Å². The topological polar surface area (TPSA) is 66.4 Å². The predicted molar refractivity (Wildman–Crippen MR) is 87.4 cm³/mol. The molecule has 0 unspecified atom stereocenters. The standard InChI is InChI=1S/C19H17F2NO3/c20-14-5-6-15(16(21)10-14)19(7-8-19)11-22-18(25)13-3-1-12(2-4-13)9-17(23)24/h1-6,10H,7-9,11H2,(H,22,25)(H,23,24). The Morgan fingerprint density at radius 1 is 1.08 bits per heavy atom. The van der Waals surface area contributed by atoms with Crippen LogP contribution in [0.2, 0.25) is 0 Å². The summed E-state index contributed by atoms with van der Waals surface area (Å²) in [5.41, 5.74) is 0.961. The van der Waals surface area contributed by atoms with Gasteiger partial charge >= 0.3 is 5.97 Å². The molecule has 1 saturated carbocycles. The summed E-state index contributed by atoms with van der Waals surface area (Å²) in [4.78, 5) is 22.9. The van der Waals surface area contributed by atoms with Crippen LogP contribution in [0.1, 0.15) is 34.3 Å². The monoisotopic (exact) mass is 345 g/mol. The van der Waals surface area contributed by atoms with Gasteiger partial charge in [0.2, 0.25) is 0 Å². The van der Waals surface area contributed by atoms with Crippen molar-refractivity contribution in [1.29, 1.82) is 0 Å². The Morgan fingerprint density at radius 3 is 2.32 bits per heavy atom. The van der Waals surface area contributed by atoms with E-state index in [0.29, 0.717) is 16.7 Å². The Hall–Kier alpha value is -2.76. The fourth-order valence-corrected chi connectivity index (χ4v) is 2.91. The number of carbonyl (C=O) groups excluding carboxylic acids is 1. The number of rotatable bonds is 6. The number of halogens is 2. The molecule has 0 aliphatic heterocycles. The van der Waals surface area contributed by atoms with E-state index in [2.05, 4.69) is 5.32 Å². The van der Waals surface area contributed by atoms with E-state index in [4.69, 9.17) is 5.11 Å². The van der Waals surface area contributed by atoms with E-state index in [1.54, 1.807) is 24.3 Å². The van der Waals surface area contributed by atoms with Crippen LogP contribution in [0.3, 0.4) is 0 Å². The molecule has 2 N–H and O–H groups in total. The first-order chi connectivity index (χ1) is 11.9. The van der Waals surface area contributed by atoms with Gasteiger partial charge in [0.05, 0.1) is 6.42 Å². The lowest BCUT2D eigenvalue weighted by molar-refractivity contribution is -0.136. The average molecular weight is 345 g/mol. The molecule has 2 aromatic rings. The van der Waals surface area contributed by atoms with Crippen LogP contribution >= 0.6 is 0 Å². The van der Waals surface area contributed by atoms with Gasteiger partial charge in [0, 0.05) is 23.6 Å². The number of carbonyl (C=O) groups is 2. The third-order valence-corrected chi connectivity index (χ3v) is 4.51. The minimum absolute atomic E-state index is 0.102. The van der Waals surface area contributed by atoms with Crippen molar-refractivity contribution in [2.75, 3.05) is 6.54 Å². The number of hydrogen-bond donors (Lipinski definition) is 2. The van der Waals surface area contributed by atoms with E-state index in [1.807, 2.05) is 0 Å². The summed E-state index contributed by atoms with van der Waals surface area (Å²) in [5.74, 6) is -2.46. The highest BCUT2D eigenvalue weighted by atomic mass is 19.1. The van der Waals surface area contributed by atoms with E-state index in [9.17, 15) is 18.4 Å². The Bertz CT molecular complexity index is 814. The van der Waals surface area contributed by atoms with Crippen molar-refractivity contribution in [3.63, 3.8) is 0 Å². The maximum absolute atomic E-state index is 14.0. The van der Waals surface area contributed by atoms with Crippen molar-refractivity contribution >= 4 is 11.9 Å². The molecule has 4 nitrogen and oxygen atoms in total. The molecule has 6 heteroatoms. The van der Waals surface area contributed by atoms with Gasteiger partial charge in [-0.3, -0.25) is 9.59 Å². The van der Waals surface area contributed by atoms with Crippen LogP contribution in [0.15, 0.2) is 42.5 Å². The molecule has 0 aromatic heterocycles. The largest absolute Gasteiger partial charge is 0.481 e. The molecule has 3 rings (SSSR count). The average Bonchev–Trinajstić information content (AvgIpc) is 3.33. The molecule has 0 spiro atoms. The SMILES string of the molecule is O=C(O)Cc1ccc(C(=O)NCC2(c3ccc(F)cc3F)CC2)cc1. The summed E-state index contributed by atoms with van der Waals surface area (Å²) >= 11 is 0. The first-order valence-corrected chi connectivity index (χ1v) is 7.94. The van der Waals surface area contributed by atoms with Gasteiger partial charge in [-0.15, -0.1) is 0 Å². The molecule has 0 heterocycles. The van der Waals surface area contributed by atoms with Crippen LogP contribution < -0.4 is 5.32 Å². The van der Waals surface area contributed by atoms with Gasteiger partial charge < -0.3 is 10.4 Å².